The number of benzene rings is 2. The highest BCUT2D eigenvalue weighted by Gasteiger charge is 2.23. The smallest absolute Gasteiger partial charge is 0.205 e. The van der Waals surface area contributed by atoms with Crippen molar-refractivity contribution in [2.45, 2.75) is 17.3 Å². The van der Waals surface area contributed by atoms with Gasteiger partial charge in [0.05, 0.1) is 11.5 Å². The molecule has 1 atom stereocenters. The quantitative estimate of drug-likeness (QED) is 0.278. The van der Waals surface area contributed by atoms with Crippen LogP contribution in [0.4, 0.5) is 0 Å². The van der Waals surface area contributed by atoms with Gasteiger partial charge in [0.25, 0.3) is 0 Å². The molecule has 0 N–H and O–H groups in total. The number of rotatable bonds is 6. The zero-order valence-electron chi connectivity index (χ0n) is 14.9. The number of hydrogen-bond donors (Lipinski definition) is 0. The molecule has 0 fully saturated rings. The molecule has 2 aromatic carbocycles. The monoisotopic (exact) mass is 453 g/mol. The Balaban J connectivity index is 1.68. The molecule has 28 heavy (non-hydrogen) atoms. The molecule has 4 rings (SSSR count). The van der Waals surface area contributed by atoms with Gasteiger partial charge >= 0.3 is 0 Å². The Morgan fingerprint density at radius 1 is 1.04 bits per heavy atom. The van der Waals surface area contributed by atoms with Gasteiger partial charge in [0.1, 0.15) is 0 Å². The third-order valence-electron chi connectivity index (χ3n) is 4.17. The summed E-state index contributed by atoms with van der Waals surface area (Å²) in [6.45, 7) is 1.88. The molecule has 0 bridgehead atoms. The molecule has 2 aromatic heterocycles. The second-order valence-corrected chi connectivity index (χ2v) is 8.31. The van der Waals surface area contributed by atoms with Crippen LogP contribution in [0.2, 0.25) is 0 Å². The predicted octanol–water partition coefficient (Wildman–Crippen LogP) is 5.65. The summed E-state index contributed by atoms with van der Waals surface area (Å²) in [7, 11) is 0. The molecule has 0 unspecified atom stereocenters. The Kier molecular flexibility index (Phi) is 5.45. The minimum absolute atomic E-state index is 0.0414. The summed E-state index contributed by atoms with van der Waals surface area (Å²) < 4.78 is 8.38. The van der Waals surface area contributed by atoms with Gasteiger partial charge in [-0.3, -0.25) is 9.36 Å². The highest BCUT2D eigenvalue weighted by atomic mass is 79.9. The summed E-state index contributed by atoms with van der Waals surface area (Å²) in [5.74, 6) is 1.26. The first kappa shape index (κ1) is 18.7. The number of thioether (sulfide) groups is 1. The van der Waals surface area contributed by atoms with E-state index in [0.717, 1.165) is 10.2 Å². The average Bonchev–Trinajstić information content (AvgIpc) is 3.38. The molecular weight excluding hydrogens is 438 g/mol. The number of halogens is 1. The molecule has 0 saturated heterocycles. The summed E-state index contributed by atoms with van der Waals surface area (Å²) >= 11 is 4.77. The molecule has 7 heteroatoms. The normalized spacial score (nSPS) is 12.1. The van der Waals surface area contributed by atoms with Gasteiger partial charge in [-0.2, -0.15) is 0 Å². The predicted molar refractivity (Wildman–Crippen MR) is 113 cm³/mol. The summed E-state index contributed by atoms with van der Waals surface area (Å²) in [4.78, 5) is 12.8. The van der Waals surface area contributed by atoms with Crippen molar-refractivity contribution < 1.29 is 9.21 Å². The van der Waals surface area contributed by atoms with E-state index in [0.29, 0.717) is 22.3 Å². The molecule has 0 aliphatic carbocycles. The van der Waals surface area contributed by atoms with Gasteiger partial charge in [0.2, 0.25) is 5.82 Å². The van der Waals surface area contributed by atoms with Crippen LogP contribution in [-0.4, -0.2) is 25.8 Å². The molecule has 0 saturated carbocycles. The Labute approximate surface area is 174 Å². The van der Waals surface area contributed by atoms with Crippen LogP contribution in [-0.2, 0) is 0 Å². The maximum Gasteiger partial charge on any atom is 0.205 e. The first-order chi connectivity index (χ1) is 13.6. The van der Waals surface area contributed by atoms with Crippen molar-refractivity contribution in [1.29, 1.82) is 0 Å². The number of furan rings is 1. The van der Waals surface area contributed by atoms with E-state index in [1.165, 1.54) is 11.8 Å². The van der Waals surface area contributed by atoms with Crippen molar-refractivity contribution in [1.82, 2.24) is 14.8 Å². The minimum atomic E-state index is -0.322. The van der Waals surface area contributed by atoms with Crippen LogP contribution >= 0.6 is 27.7 Å². The summed E-state index contributed by atoms with van der Waals surface area (Å²) in [5.41, 5.74) is 1.57. The Morgan fingerprint density at radius 2 is 1.79 bits per heavy atom. The molecule has 0 aliphatic heterocycles. The van der Waals surface area contributed by atoms with E-state index in [1.807, 2.05) is 78.2 Å². The van der Waals surface area contributed by atoms with Crippen LogP contribution in [0.15, 0.2) is 87.0 Å². The SMILES string of the molecule is C[C@H](Sc1nnc(-c2ccco2)n1-c1ccccc1)C(=O)c1ccc(Br)cc1. The van der Waals surface area contributed by atoms with E-state index < -0.39 is 0 Å². The lowest BCUT2D eigenvalue weighted by atomic mass is 10.1. The molecule has 0 aliphatic rings. The molecule has 0 amide bonds. The van der Waals surface area contributed by atoms with Crippen LogP contribution in [0, 0.1) is 0 Å². The lowest BCUT2D eigenvalue weighted by Crippen LogP contribution is -2.14. The van der Waals surface area contributed by atoms with E-state index in [9.17, 15) is 4.79 Å². The van der Waals surface area contributed by atoms with E-state index >= 15 is 0 Å². The fourth-order valence-electron chi connectivity index (χ4n) is 2.78. The standard InChI is InChI=1S/C21H16BrN3O2S/c1-14(19(26)15-9-11-16(22)12-10-15)28-21-24-23-20(18-8-5-13-27-18)25(21)17-6-3-2-4-7-17/h2-14H,1H3/t14-/m0/s1. The van der Waals surface area contributed by atoms with Crippen LogP contribution in [0.1, 0.15) is 17.3 Å². The van der Waals surface area contributed by atoms with Gasteiger partial charge in [-0.1, -0.05) is 58.0 Å². The number of aromatic nitrogens is 3. The lowest BCUT2D eigenvalue weighted by Gasteiger charge is -2.12. The zero-order valence-corrected chi connectivity index (χ0v) is 17.4. The fourth-order valence-corrected chi connectivity index (χ4v) is 3.99. The fraction of sp³-hybridized carbons (Fsp3) is 0.0952. The number of hydrogen-bond acceptors (Lipinski definition) is 5. The van der Waals surface area contributed by atoms with Gasteiger partial charge in [0, 0.05) is 15.7 Å². The van der Waals surface area contributed by atoms with Crippen LogP contribution in [0.25, 0.3) is 17.3 Å². The van der Waals surface area contributed by atoms with Crippen LogP contribution in [0.5, 0.6) is 0 Å². The van der Waals surface area contributed by atoms with Crippen LogP contribution in [0.3, 0.4) is 0 Å². The first-order valence-corrected chi connectivity index (χ1v) is 10.3. The van der Waals surface area contributed by atoms with Gasteiger partial charge < -0.3 is 4.42 Å². The highest BCUT2D eigenvalue weighted by molar-refractivity contribution is 9.10. The second kappa shape index (κ2) is 8.16. The Morgan fingerprint density at radius 3 is 2.46 bits per heavy atom. The topological polar surface area (TPSA) is 60.9 Å². The molecular formula is C21H16BrN3O2S. The number of para-hydroxylation sites is 1. The Bertz CT molecular complexity index is 1080. The van der Waals surface area contributed by atoms with E-state index in [1.54, 1.807) is 6.26 Å². The van der Waals surface area contributed by atoms with E-state index in [-0.39, 0.29) is 11.0 Å². The van der Waals surface area contributed by atoms with Gasteiger partial charge in [-0.25, -0.2) is 0 Å². The summed E-state index contributed by atoms with van der Waals surface area (Å²) in [5, 5.41) is 8.96. The summed E-state index contributed by atoms with van der Waals surface area (Å²) in [6, 6.07) is 20.8. The molecule has 5 nitrogen and oxygen atoms in total. The molecule has 0 spiro atoms. The highest BCUT2D eigenvalue weighted by Crippen LogP contribution is 2.31. The third-order valence-corrected chi connectivity index (χ3v) is 5.74. The second-order valence-electron chi connectivity index (χ2n) is 6.09. The molecule has 0 radical (unpaired) electrons. The maximum atomic E-state index is 12.8. The van der Waals surface area contributed by atoms with E-state index in [4.69, 9.17) is 4.42 Å². The van der Waals surface area contributed by atoms with Crippen LogP contribution < -0.4 is 0 Å². The van der Waals surface area contributed by atoms with Gasteiger partial charge in [0.15, 0.2) is 16.7 Å². The van der Waals surface area contributed by atoms with Crippen molar-refractivity contribution in [3.05, 3.63) is 83.0 Å². The number of ketones is 1. The number of carbonyl (C=O) groups is 1. The van der Waals surface area contributed by atoms with Crippen molar-refractivity contribution in [3.63, 3.8) is 0 Å². The Hall–Kier alpha value is -2.64. The number of nitrogens with zero attached hydrogens (tertiary/aromatic N) is 3. The lowest BCUT2D eigenvalue weighted by molar-refractivity contribution is 0.0994. The van der Waals surface area contributed by atoms with Crippen molar-refractivity contribution >= 4 is 33.5 Å². The molecule has 4 aromatic rings. The largest absolute Gasteiger partial charge is 0.461 e. The number of carbonyl (C=O) groups excluding carboxylic acids is 1. The number of Topliss-reactive ketones (excluding diaryl/α,β-unsaturated/α-hetero) is 1. The van der Waals surface area contributed by atoms with Crippen molar-refractivity contribution in [3.8, 4) is 17.3 Å². The minimum Gasteiger partial charge on any atom is -0.461 e. The maximum absolute atomic E-state index is 12.8. The van der Waals surface area contributed by atoms with Crippen molar-refractivity contribution in [2.24, 2.45) is 0 Å². The molecule has 140 valence electrons. The van der Waals surface area contributed by atoms with Gasteiger partial charge in [-0.15, -0.1) is 10.2 Å². The first-order valence-electron chi connectivity index (χ1n) is 8.64. The zero-order chi connectivity index (χ0) is 19.5. The third kappa shape index (κ3) is 3.81. The molecule has 2 heterocycles. The van der Waals surface area contributed by atoms with E-state index in [2.05, 4.69) is 26.1 Å². The van der Waals surface area contributed by atoms with Gasteiger partial charge in [-0.05, 0) is 43.3 Å². The average molecular weight is 454 g/mol. The van der Waals surface area contributed by atoms with Crippen molar-refractivity contribution in [2.75, 3.05) is 0 Å². The summed E-state index contributed by atoms with van der Waals surface area (Å²) in [6.07, 6.45) is 1.60.